The van der Waals surface area contributed by atoms with Crippen LogP contribution in [0.5, 0.6) is 0 Å². The first-order chi connectivity index (χ1) is 8.74. The van der Waals surface area contributed by atoms with Gasteiger partial charge in [0, 0.05) is 18.6 Å². The molecule has 1 heterocycles. The minimum Gasteiger partial charge on any atom is -0.329 e. The number of rotatable bonds is 4. The van der Waals surface area contributed by atoms with Crippen LogP contribution in [0.3, 0.4) is 0 Å². The molecule has 1 saturated heterocycles. The fourth-order valence-electron chi connectivity index (χ4n) is 4.10. The van der Waals surface area contributed by atoms with Gasteiger partial charge >= 0.3 is 0 Å². The van der Waals surface area contributed by atoms with Crippen molar-refractivity contribution in [3.8, 4) is 0 Å². The minimum atomic E-state index is 0.361. The number of hydrogen-bond acceptors (Lipinski definition) is 2. The maximum absolute atomic E-state index is 6.20. The zero-order valence-corrected chi connectivity index (χ0v) is 12.5. The Morgan fingerprint density at radius 1 is 1.06 bits per heavy atom. The van der Waals surface area contributed by atoms with Crippen LogP contribution in [0.4, 0.5) is 0 Å². The molecule has 1 aliphatic heterocycles. The van der Waals surface area contributed by atoms with Crippen molar-refractivity contribution in [2.75, 3.05) is 19.6 Å². The van der Waals surface area contributed by atoms with Gasteiger partial charge in [0.15, 0.2) is 0 Å². The second kappa shape index (κ2) is 6.38. The fourth-order valence-corrected chi connectivity index (χ4v) is 4.10. The summed E-state index contributed by atoms with van der Waals surface area (Å²) in [6.07, 6.45) is 11.0. The molecule has 18 heavy (non-hydrogen) atoms. The van der Waals surface area contributed by atoms with Gasteiger partial charge in [-0.05, 0) is 56.9 Å². The van der Waals surface area contributed by atoms with Crippen LogP contribution in [-0.4, -0.2) is 30.1 Å². The third kappa shape index (κ3) is 2.91. The maximum atomic E-state index is 6.20. The Hall–Kier alpha value is -0.0800. The van der Waals surface area contributed by atoms with E-state index in [0.29, 0.717) is 5.54 Å². The van der Waals surface area contributed by atoms with Crippen LogP contribution in [0.25, 0.3) is 0 Å². The number of piperidine rings is 1. The molecule has 0 aromatic heterocycles. The number of likely N-dealkylation sites (tertiary alicyclic amines) is 1. The van der Waals surface area contributed by atoms with Crippen molar-refractivity contribution in [1.82, 2.24) is 4.90 Å². The number of nitrogens with two attached hydrogens (primary N) is 1. The molecule has 0 aromatic carbocycles. The van der Waals surface area contributed by atoms with Crippen molar-refractivity contribution in [2.24, 2.45) is 17.6 Å². The van der Waals surface area contributed by atoms with E-state index in [4.69, 9.17) is 5.73 Å². The third-order valence-corrected chi connectivity index (χ3v) is 5.76. The first-order valence-corrected chi connectivity index (χ1v) is 8.19. The van der Waals surface area contributed by atoms with Crippen LogP contribution >= 0.6 is 0 Å². The Bertz CT molecular complexity index is 243. The van der Waals surface area contributed by atoms with Crippen molar-refractivity contribution < 1.29 is 0 Å². The zero-order valence-electron chi connectivity index (χ0n) is 12.5. The van der Waals surface area contributed by atoms with Gasteiger partial charge in [-0.1, -0.05) is 26.7 Å². The standard InChI is InChI=1S/C16H32N2/c1-3-14-7-9-16(13-17,10-8-14)18-11-5-6-15(4-2)12-18/h14-15H,3-13,17H2,1-2H3. The third-order valence-electron chi connectivity index (χ3n) is 5.76. The van der Waals surface area contributed by atoms with E-state index in [-0.39, 0.29) is 0 Å². The first kappa shape index (κ1) is 14.3. The molecule has 0 bridgehead atoms. The molecule has 2 fully saturated rings. The van der Waals surface area contributed by atoms with E-state index in [2.05, 4.69) is 18.7 Å². The zero-order chi connectivity index (χ0) is 13.0. The summed E-state index contributed by atoms with van der Waals surface area (Å²) in [5.74, 6) is 1.89. The van der Waals surface area contributed by atoms with Crippen molar-refractivity contribution in [1.29, 1.82) is 0 Å². The molecule has 1 unspecified atom stereocenters. The Morgan fingerprint density at radius 3 is 2.28 bits per heavy atom. The van der Waals surface area contributed by atoms with Crippen molar-refractivity contribution in [2.45, 2.75) is 70.8 Å². The SMILES string of the molecule is CCC1CCC(CN)(N2CCCC(CC)C2)CC1. The highest BCUT2D eigenvalue weighted by Gasteiger charge is 2.40. The smallest absolute Gasteiger partial charge is 0.0332 e. The van der Waals surface area contributed by atoms with Gasteiger partial charge in [0.25, 0.3) is 0 Å². The van der Waals surface area contributed by atoms with Gasteiger partial charge < -0.3 is 5.73 Å². The summed E-state index contributed by atoms with van der Waals surface area (Å²) in [6, 6.07) is 0. The van der Waals surface area contributed by atoms with E-state index < -0.39 is 0 Å². The van der Waals surface area contributed by atoms with Crippen LogP contribution in [0.15, 0.2) is 0 Å². The normalized spacial score (nSPS) is 38.8. The van der Waals surface area contributed by atoms with Gasteiger partial charge in [-0.2, -0.15) is 0 Å². The average Bonchev–Trinajstić information content (AvgIpc) is 2.47. The summed E-state index contributed by atoms with van der Waals surface area (Å²) in [5, 5.41) is 0. The predicted octanol–water partition coefficient (Wildman–Crippen LogP) is 3.41. The molecule has 2 heteroatoms. The summed E-state index contributed by atoms with van der Waals surface area (Å²) in [7, 11) is 0. The monoisotopic (exact) mass is 252 g/mol. The molecule has 2 rings (SSSR count). The second-order valence-electron chi connectivity index (χ2n) is 6.64. The van der Waals surface area contributed by atoms with E-state index in [1.165, 1.54) is 64.5 Å². The predicted molar refractivity (Wildman–Crippen MR) is 78.6 cm³/mol. The molecule has 1 atom stereocenters. The second-order valence-corrected chi connectivity index (χ2v) is 6.64. The van der Waals surface area contributed by atoms with Gasteiger partial charge in [0.2, 0.25) is 0 Å². The Morgan fingerprint density at radius 2 is 1.72 bits per heavy atom. The summed E-state index contributed by atoms with van der Waals surface area (Å²) >= 11 is 0. The van der Waals surface area contributed by atoms with E-state index in [1.807, 2.05) is 0 Å². The summed E-state index contributed by atoms with van der Waals surface area (Å²) in [6.45, 7) is 8.17. The molecule has 0 amide bonds. The summed E-state index contributed by atoms with van der Waals surface area (Å²) in [5.41, 5.74) is 6.56. The lowest BCUT2D eigenvalue weighted by molar-refractivity contribution is 0.00872. The molecule has 1 aliphatic carbocycles. The Labute approximate surface area is 113 Å². The van der Waals surface area contributed by atoms with Crippen LogP contribution in [0.2, 0.25) is 0 Å². The molecule has 0 radical (unpaired) electrons. The van der Waals surface area contributed by atoms with Crippen molar-refractivity contribution in [3.63, 3.8) is 0 Å². The maximum Gasteiger partial charge on any atom is 0.0332 e. The highest BCUT2D eigenvalue weighted by atomic mass is 15.2. The van der Waals surface area contributed by atoms with Crippen LogP contribution in [0, 0.1) is 11.8 Å². The van der Waals surface area contributed by atoms with Crippen LogP contribution in [-0.2, 0) is 0 Å². The molecular formula is C16H32N2. The lowest BCUT2D eigenvalue weighted by atomic mass is 9.73. The average molecular weight is 252 g/mol. The van der Waals surface area contributed by atoms with Gasteiger partial charge in [-0.3, -0.25) is 4.90 Å². The molecule has 0 aromatic rings. The van der Waals surface area contributed by atoms with E-state index in [9.17, 15) is 0 Å². The molecular weight excluding hydrogens is 220 g/mol. The molecule has 106 valence electrons. The van der Waals surface area contributed by atoms with E-state index in [1.54, 1.807) is 0 Å². The minimum absolute atomic E-state index is 0.361. The van der Waals surface area contributed by atoms with E-state index in [0.717, 1.165) is 18.4 Å². The largest absolute Gasteiger partial charge is 0.329 e. The van der Waals surface area contributed by atoms with Gasteiger partial charge in [-0.15, -0.1) is 0 Å². The highest BCUT2D eigenvalue weighted by molar-refractivity contribution is 4.97. The number of nitrogens with zero attached hydrogens (tertiary/aromatic N) is 1. The molecule has 0 spiro atoms. The van der Waals surface area contributed by atoms with Crippen molar-refractivity contribution in [3.05, 3.63) is 0 Å². The quantitative estimate of drug-likeness (QED) is 0.831. The number of hydrogen-bond donors (Lipinski definition) is 1. The lowest BCUT2D eigenvalue weighted by Crippen LogP contribution is -2.58. The highest BCUT2D eigenvalue weighted by Crippen LogP contribution is 2.39. The van der Waals surface area contributed by atoms with Gasteiger partial charge in [-0.25, -0.2) is 0 Å². The Kier molecular flexibility index (Phi) is 5.08. The van der Waals surface area contributed by atoms with Crippen molar-refractivity contribution >= 4 is 0 Å². The van der Waals surface area contributed by atoms with Crippen LogP contribution < -0.4 is 5.73 Å². The fraction of sp³-hybridized carbons (Fsp3) is 1.00. The van der Waals surface area contributed by atoms with Gasteiger partial charge in [0.05, 0.1) is 0 Å². The summed E-state index contributed by atoms with van der Waals surface area (Å²) in [4.78, 5) is 2.77. The topological polar surface area (TPSA) is 29.3 Å². The van der Waals surface area contributed by atoms with Gasteiger partial charge in [0.1, 0.15) is 0 Å². The Balaban J connectivity index is 1.99. The molecule has 2 aliphatic rings. The first-order valence-electron chi connectivity index (χ1n) is 8.19. The molecule has 2 nitrogen and oxygen atoms in total. The lowest BCUT2D eigenvalue weighted by Gasteiger charge is -2.50. The summed E-state index contributed by atoms with van der Waals surface area (Å²) < 4.78 is 0. The van der Waals surface area contributed by atoms with E-state index >= 15 is 0 Å². The van der Waals surface area contributed by atoms with Crippen LogP contribution in [0.1, 0.15) is 65.2 Å². The molecule has 2 N–H and O–H groups in total. The molecule has 1 saturated carbocycles.